The van der Waals surface area contributed by atoms with E-state index < -0.39 is 0 Å². The fourth-order valence-electron chi connectivity index (χ4n) is 2.86. The lowest BCUT2D eigenvalue weighted by Crippen LogP contribution is -2.43. The van der Waals surface area contributed by atoms with Crippen molar-refractivity contribution in [2.24, 2.45) is 0 Å². The Morgan fingerprint density at radius 2 is 2.33 bits per heavy atom. The molecule has 2 heterocycles. The molecular formula is C16H21ClN6O. The summed E-state index contributed by atoms with van der Waals surface area (Å²) in [6, 6.07) is 7.72. The summed E-state index contributed by atoms with van der Waals surface area (Å²) in [4.78, 5) is 14.3. The Kier molecular flexibility index (Phi) is 5.20. The number of urea groups is 1. The third-order valence-corrected chi connectivity index (χ3v) is 4.38. The molecule has 0 saturated carbocycles. The maximum atomic E-state index is 12.1. The van der Waals surface area contributed by atoms with Crippen molar-refractivity contribution in [1.82, 2.24) is 25.4 Å². The Hall–Kier alpha value is -2.28. The minimum absolute atomic E-state index is 0.119. The maximum absolute atomic E-state index is 12.1. The molecule has 7 nitrogen and oxygen atoms in total. The van der Waals surface area contributed by atoms with Gasteiger partial charge in [0.2, 0.25) is 0 Å². The van der Waals surface area contributed by atoms with Gasteiger partial charge in [-0.05, 0) is 31.5 Å². The van der Waals surface area contributed by atoms with Crippen LogP contribution < -0.4 is 15.5 Å². The molecule has 8 heteroatoms. The lowest BCUT2D eigenvalue weighted by atomic mass is 10.3. The Bertz CT molecular complexity index is 703. The first kappa shape index (κ1) is 16.6. The lowest BCUT2D eigenvalue weighted by molar-refractivity contribution is 0.237. The highest BCUT2D eigenvalue weighted by Crippen LogP contribution is 2.23. The second-order valence-corrected chi connectivity index (χ2v) is 6.21. The molecule has 2 N–H and O–H groups in total. The number of anilines is 1. The van der Waals surface area contributed by atoms with Crippen molar-refractivity contribution >= 4 is 23.3 Å². The molecule has 1 aromatic heterocycles. The molecule has 128 valence electrons. The van der Waals surface area contributed by atoms with Crippen LogP contribution in [0.2, 0.25) is 5.02 Å². The monoisotopic (exact) mass is 348 g/mol. The fourth-order valence-corrected chi connectivity index (χ4v) is 3.05. The van der Waals surface area contributed by atoms with Crippen molar-refractivity contribution in [3.63, 3.8) is 0 Å². The SMILES string of the molecule is CCn1cnnc1CNC(=O)NC1CCN(c2cccc(Cl)c2)C1. The fraction of sp³-hybridized carbons (Fsp3) is 0.438. The van der Waals surface area contributed by atoms with Crippen LogP contribution in [0, 0.1) is 0 Å². The van der Waals surface area contributed by atoms with Gasteiger partial charge < -0.3 is 20.1 Å². The zero-order chi connectivity index (χ0) is 16.9. The molecule has 2 amide bonds. The van der Waals surface area contributed by atoms with Crippen LogP contribution in [-0.2, 0) is 13.1 Å². The van der Waals surface area contributed by atoms with Gasteiger partial charge in [0.15, 0.2) is 5.82 Å². The van der Waals surface area contributed by atoms with E-state index in [-0.39, 0.29) is 12.1 Å². The topological polar surface area (TPSA) is 75.1 Å². The second kappa shape index (κ2) is 7.53. The molecule has 0 bridgehead atoms. The smallest absolute Gasteiger partial charge is 0.315 e. The Morgan fingerprint density at radius 3 is 3.12 bits per heavy atom. The van der Waals surface area contributed by atoms with Gasteiger partial charge in [-0.1, -0.05) is 17.7 Å². The van der Waals surface area contributed by atoms with Crippen LogP contribution in [0.25, 0.3) is 0 Å². The summed E-state index contributed by atoms with van der Waals surface area (Å²) >= 11 is 6.04. The molecule has 0 spiro atoms. The number of rotatable bonds is 5. The minimum atomic E-state index is -0.182. The molecule has 0 radical (unpaired) electrons. The van der Waals surface area contributed by atoms with Gasteiger partial charge in [-0.15, -0.1) is 10.2 Å². The number of nitrogens with zero attached hydrogens (tertiary/aromatic N) is 4. The van der Waals surface area contributed by atoms with E-state index in [1.807, 2.05) is 35.8 Å². The molecule has 1 aliphatic heterocycles. The zero-order valence-electron chi connectivity index (χ0n) is 13.6. The highest BCUT2D eigenvalue weighted by atomic mass is 35.5. The van der Waals surface area contributed by atoms with Crippen LogP contribution in [0.15, 0.2) is 30.6 Å². The number of aromatic nitrogens is 3. The Morgan fingerprint density at radius 1 is 1.46 bits per heavy atom. The molecule has 1 saturated heterocycles. The highest BCUT2D eigenvalue weighted by molar-refractivity contribution is 6.30. The second-order valence-electron chi connectivity index (χ2n) is 5.77. The van der Waals surface area contributed by atoms with Crippen LogP contribution in [-0.4, -0.2) is 39.9 Å². The molecule has 1 aromatic carbocycles. The number of aryl methyl sites for hydroxylation is 1. The average Bonchev–Trinajstić information content (AvgIpc) is 3.21. The van der Waals surface area contributed by atoms with Gasteiger partial charge in [0.25, 0.3) is 0 Å². The van der Waals surface area contributed by atoms with E-state index in [1.54, 1.807) is 6.33 Å². The molecule has 1 atom stereocenters. The summed E-state index contributed by atoms with van der Waals surface area (Å²) in [5.41, 5.74) is 1.09. The maximum Gasteiger partial charge on any atom is 0.315 e. The van der Waals surface area contributed by atoms with Crippen molar-refractivity contribution in [1.29, 1.82) is 0 Å². The number of carbonyl (C=O) groups is 1. The van der Waals surface area contributed by atoms with E-state index in [0.29, 0.717) is 6.54 Å². The van der Waals surface area contributed by atoms with Crippen molar-refractivity contribution in [3.8, 4) is 0 Å². The first-order valence-electron chi connectivity index (χ1n) is 8.07. The number of nitrogens with one attached hydrogen (secondary N) is 2. The first-order chi connectivity index (χ1) is 11.7. The van der Waals surface area contributed by atoms with E-state index in [4.69, 9.17) is 11.6 Å². The molecule has 1 unspecified atom stereocenters. The number of benzene rings is 1. The molecule has 2 aromatic rings. The van der Waals surface area contributed by atoms with Crippen molar-refractivity contribution < 1.29 is 4.79 Å². The number of hydrogen-bond acceptors (Lipinski definition) is 4. The summed E-state index contributed by atoms with van der Waals surface area (Å²) in [6.07, 6.45) is 2.57. The van der Waals surface area contributed by atoms with E-state index in [0.717, 1.165) is 42.6 Å². The number of hydrogen-bond donors (Lipinski definition) is 2. The number of amides is 2. The summed E-state index contributed by atoms with van der Waals surface area (Å²) in [5, 5.41) is 14.4. The van der Waals surface area contributed by atoms with Crippen molar-refractivity contribution in [2.75, 3.05) is 18.0 Å². The Labute approximate surface area is 146 Å². The Balaban J connectivity index is 1.47. The van der Waals surface area contributed by atoms with Gasteiger partial charge in [0.05, 0.1) is 6.54 Å². The summed E-state index contributed by atoms with van der Waals surface area (Å²) in [6.45, 7) is 4.83. The van der Waals surface area contributed by atoms with Crippen molar-refractivity contribution in [2.45, 2.75) is 32.5 Å². The molecule has 0 aliphatic carbocycles. The predicted octanol–water partition coefficient (Wildman–Crippen LogP) is 2.03. The number of halogens is 1. The molecule has 1 aliphatic rings. The highest BCUT2D eigenvalue weighted by Gasteiger charge is 2.24. The van der Waals surface area contributed by atoms with Crippen molar-refractivity contribution in [3.05, 3.63) is 41.4 Å². The molecule has 24 heavy (non-hydrogen) atoms. The van der Waals surface area contributed by atoms with Gasteiger partial charge >= 0.3 is 6.03 Å². The third-order valence-electron chi connectivity index (χ3n) is 4.14. The van der Waals surface area contributed by atoms with Crippen LogP contribution in [0.1, 0.15) is 19.2 Å². The van der Waals surface area contributed by atoms with Gasteiger partial charge in [-0.2, -0.15) is 0 Å². The molecule has 3 rings (SSSR count). The van der Waals surface area contributed by atoms with Crippen LogP contribution in [0.5, 0.6) is 0 Å². The third kappa shape index (κ3) is 3.97. The van der Waals surface area contributed by atoms with Gasteiger partial charge in [-0.25, -0.2) is 4.79 Å². The van der Waals surface area contributed by atoms with Crippen LogP contribution >= 0.6 is 11.6 Å². The standard InChI is InChI=1S/C16H21ClN6O/c1-2-22-11-19-21-15(22)9-18-16(24)20-13-6-7-23(10-13)14-5-3-4-12(17)8-14/h3-5,8,11,13H,2,6-7,9-10H2,1H3,(H2,18,20,24). The quantitative estimate of drug-likeness (QED) is 0.867. The van der Waals surface area contributed by atoms with Gasteiger partial charge in [0, 0.05) is 36.4 Å². The van der Waals surface area contributed by atoms with Crippen LogP contribution in [0.3, 0.4) is 0 Å². The predicted molar refractivity (Wildman–Crippen MR) is 93.1 cm³/mol. The normalized spacial score (nSPS) is 17.1. The van der Waals surface area contributed by atoms with E-state index in [2.05, 4.69) is 25.7 Å². The molecular weight excluding hydrogens is 328 g/mol. The van der Waals surface area contributed by atoms with Gasteiger partial charge in [-0.3, -0.25) is 0 Å². The van der Waals surface area contributed by atoms with E-state index in [1.165, 1.54) is 0 Å². The minimum Gasteiger partial charge on any atom is -0.369 e. The van der Waals surface area contributed by atoms with E-state index >= 15 is 0 Å². The lowest BCUT2D eigenvalue weighted by Gasteiger charge is -2.19. The largest absolute Gasteiger partial charge is 0.369 e. The van der Waals surface area contributed by atoms with Crippen LogP contribution in [0.4, 0.5) is 10.5 Å². The summed E-state index contributed by atoms with van der Waals surface area (Å²) < 4.78 is 1.90. The van der Waals surface area contributed by atoms with Gasteiger partial charge in [0.1, 0.15) is 6.33 Å². The average molecular weight is 349 g/mol. The first-order valence-corrected chi connectivity index (χ1v) is 8.45. The van der Waals surface area contributed by atoms with E-state index in [9.17, 15) is 4.79 Å². The summed E-state index contributed by atoms with van der Waals surface area (Å²) in [5.74, 6) is 0.750. The number of carbonyl (C=O) groups excluding carboxylic acids is 1. The zero-order valence-corrected chi connectivity index (χ0v) is 14.3. The summed E-state index contributed by atoms with van der Waals surface area (Å²) in [7, 11) is 0. The molecule has 1 fully saturated rings.